The Bertz CT molecular complexity index is 365. The van der Waals surface area contributed by atoms with Crippen molar-refractivity contribution in [2.24, 2.45) is 22.2 Å². The largest absolute Gasteiger partial charge is 0.389 e. The molecule has 102 valence electrons. The van der Waals surface area contributed by atoms with E-state index in [0.717, 1.165) is 17.9 Å². The van der Waals surface area contributed by atoms with Crippen molar-refractivity contribution in [2.75, 3.05) is 0 Å². The molecule has 0 spiro atoms. The minimum atomic E-state index is -0.284. The zero-order valence-electron chi connectivity index (χ0n) is 12.3. The van der Waals surface area contributed by atoms with E-state index in [1.54, 1.807) is 0 Å². The van der Waals surface area contributed by atoms with Gasteiger partial charge in [-0.1, -0.05) is 26.0 Å². The maximum atomic E-state index is 10.3. The maximum absolute atomic E-state index is 10.3. The second kappa shape index (κ2) is 3.62. The van der Waals surface area contributed by atoms with E-state index >= 15 is 0 Å². The van der Waals surface area contributed by atoms with Crippen LogP contribution in [0.15, 0.2) is 12.2 Å². The molecule has 4 fully saturated rings. The van der Waals surface area contributed by atoms with E-state index < -0.39 is 0 Å². The molecule has 0 radical (unpaired) electrons. The molecule has 1 nitrogen and oxygen atoms in total. The van der Waals surface area contributed by atoms with Gasteiger partial charge in [-0.15, -0.1) is 0 Å². The fourth-order valence-electron chi connectivity index (χ4n) is 6.50. The highest BCUT2D eigenvalue weighted by Gasteiger charge is 2.60. The molecule has 0 aromatic rings. The van der Waals surface area contributed by atoms with Gasteiger partial charge in [0, 0.05) is 0 Å². The maximum Gasteiger partial charge on any atom is 0.0750 e. The summed E-state index contributed by atoms with van der Waals surface area (Å²) in [6, 6.07) is 0. The Morgan fingerprint density at radius 2 is 1.72 bits per heavy atom. The van der Waals surface area contributed by atoms with Gasteiger partial charge < -0.3 is 5.11 Å². The third-order valence-electron chi connectivity index (χ3n) is 5.94. The van der Waals surface area contributed by atoms with Gasteiger partial charge in [0.15, 0.2) is 0 Å². The predicted molar refractivity (Wildman–Crippen MR) is 75.3 cm³/mol. The minimum absolute atomic E-state index is 0.284. The lowest BCUT2D eigenvalue weighted by Gasteiger charge is -2.66. The van der Waals surface area contributed by atoms with Crippen LogP contribution in [-0.2, 0) is 0 Å². The van der Waals surface area contributed by atoms with E-state index in [0.29, 0.717) is 16.2 Å². The molecule has 0 saturated heterocycles. The highest BCUT2D eigenvalue weighted by atomic mass is 16.3. The number of aliphatic hydroxyl groups excluding tert-OH is 1. The molecule has 1 N–H and O–H groups in total. The van der Waals surface area contributed by atoms with Crippen LogP contribution in [-0.4, -0.2) is 11.2 Å². The molecular weight excluding hydrogens is 220 g/mol. The highest BCUT2D eigenvalue weighted by Crippen LogP contribution is 2.70. The Hall–Kier alpha value is -0.300. The van der Waals surface area contributed by atoms with E-state index in [9.17, 15) is 5.11 Å². The van der Waals surface area contributed by atoms with Gasteiger partial charge in [0.1, 0.15) is 0 Å². The molecule has 0 aromatic heterocycles. The summed E-state index contributed by atoms with van der Waals surface area (Å²) >= 11 is 0. The van der Waals surface area contributed by atoms with Crippen LogP contribution in [0.3, 0.4) is 0 Å². The summed E-state index contributed by atoms with van der Waals surface area (Å²) in [7, 11) is 0. The highest BCUT2D eigenvalue weighted by molar-refractivity contribution is 5.12. The zero-order chi connectivity index (χ0) is 13.2. The third kappa shape index (κ3) is 1.95. The van der Waals surface area contributed by atoms with Crippen LogP contribution >= 0.6 is 0 Å². The molecule has 0 heterocycles. The van der Waals surface area contributed by atoms with Gasteiger partial charge in [0.25, 0.3) is 0 Å². The molecule has 0 aromatic carbocycles. The summed E-state index contributed by atoms with van der Waals surface area (Å²) in [5, 5.41) is 10.3. The molecule has 1 heteroatoms. The van der Waals surface area contributed by atoms with Crippen LogP contribution in [0.5, 0.6) is 0 Å². The van der Waals surface area contributed by atoms with Crippen LogP contribution in [0.1, 0.15) is 65.7 Å². The van der Waals surface area contributed by atoms with Crippen molar-refractivity contribution in [2.45, 2.75) is 71.8 Å². The van der Waals surface area contributed by atoms with Gasteiger partial charge in [0.2, 0.25) is 0 Å². The molecule has 4 aliphatic carbocycles. The summed E-state index contributed by atoms with van der Waals surface area (Å²) in [5.74, 6) is 0.925. The summed E-state index contributed by atoms with van der Waals surface area (Å²) in [6.45, 7) is 10.9. The van der Waals surface area contributed by atoms with Gasteiger partial charge in [-0.3, -0.25) is 0 Å². The average molecular weight is 248 g/mol. The Kier molecular flexibility index (Phi) is 2.56. The first kappa shape index (κ1) is 12.7. The molecule has 18 heavy (non-hydrogen) atoms. The molecule has 3 atom stereocenters. The summed E-state index contributed by atoms with van der Waals surface area (Å²) in [4.78, 5) is 0. The van der Waals surface area contributed by atoms with Gasteiger partial charge in [-0.25, -0.2) is 0 Å². The van der Waals surface area contributed by atoms with E-state index in [-0.39, 0.29) is 6.10 Å². The standard InChI is InChI=1S/C17H28O/c1-12(2)14(18)8-17-7-13-5-15(3,10-17)9-16(4,6-13)11-17/h13-14,18H,1,5-11H2,2-4H3. The van der Waals surface area contributed by atoms with Crippen molar-refractivity contribution in [3.63, 3.8) is 0 Å². The van der Waals surface area contributed by atoms with Gasteiger partial charge in [-0.2, -0.15) is 0 Å². The number of hydrogen-bond acceptors (Lipinski definition) is 1. The van der Waals surface area contributed by atoms with Crippen molar-refractivity contribution in [1.29, 1.82) is 0 Å². The molecular formula is C17H28O. The second-order valence-corrected chi connectivity index (χ2v) is 8.70. The first-order valence-electron chi connectivity index (χ1n) is 7.57. The van der Waals surface area contributed by atoms with Gasteiger partial charge in [-0.05, 0) is 74.0 Å². The lowest BCUT2D eigenvalue weighted by molar-refractivity contribution is -0.154. The van der Waals surface area contributed by atoms with Crippen LogP contribution in [0, 0.1) is 22.2 Å². The Balaban J connectivity index is 1.87. The second-order valence-electron chi connectivity index (χ2n) is 8.70. The number of hydrogen-bond donors (Lipinski definition) is 1. The molecule has 0 aliphatic heterocycles. The Labute approximate surface area is 112 Å². The fourth-order valence-corrected chi connectivity index (χ4v) is 6.50. The number of rotatable bonds is 3. The average Bonchev–Trinajstić information content (AvgIpc) is 2.09. The normalized spacial score (nSPS) is 51.4. The predicted octanol–water partition coefficient (Wildman–Crippen LogP) is 4.31. The molecule has 4 aliphatic rings. The van der Waals surface area contributed by atoms with Crippen LogP contribution < -0.4 is 0 Å². The summed E-state index contributed by atoms with van der Waals surface area (Å²) in [6.07, 6.45) is 9.02. The van der Waals surface area contributed by atoms with E-state index in [4.69, 9.17) is 0 Å². The van der Waals surface area contributed by atoms with Gasteiger partial charge >= 0.3 is 0 Å². The van der Waals surface area contributed by atoms with E-state index in [2.05, 4.69) is 20.4 Å². The van der Waals surface area contributed by atoms with Crippen LogP contribution in [0.25, 0.3) is 0 Å². The Morgan fingerprint density at radius 3 is 2.17 bits per heavy atom. The lowest BCUT2D eigenvalue weighted by atomic mass is 9.39. The van der Waals surface area contributed by atoms with Crippen LogP contribution in [0.4, 0.5) is 0 Å². The quantitative estimate of drug-likeness (QED) is 0.738. The van der Waals surface area contributed by atoms with E-state index in [1.165, 1.54) is 38.5 Å². The lowest BCUT2D eigenvalue weighted by Crippen LogP contribution is -2.55. The van der Waals surface area contributed by atoms with Crippen LogP contribution in [0.2, 0.25) is 0 Å². The first-order chi connectivity index (χ1) is 8.23. The molecule has 4 saturated carbocycles. The summed E-state index contributed by atoms with van der Waals surface area (Å²) < 4.78 is 0. The minimum Gasteiger partial charge on any atom is -0.389 e. The number of aliphatic hydroxyl groups is 1. The topological polar surface area (TPSA) is 20.2 Å². The molecule has 0 amide bonds. The molecule has 4 bridgehead atoms. The third-order valence-corrected chi connectivity index (χ3v) is 5.94. The zero-order valence-corrected chi connectivity index (χ0v) is 12.3. The van der Waals surface area contributed by atoms with E-state index in [1.807, 2.05) is 6.92 Å². The monoisotopic (exact) mass is 248 g/mol. The summed E-state index contributed by atoms with van der Waals surface area (Å²) in [5.41, 5.74) is 2.48. The van der Waals surface area contributed by atoms with Gasteiger partial charge in [0.05, 0.1) is 6.10 Å². The smallest absolute Gasteiger partial charge is 0.0750 e. The van der Waals surface area contributed by atoms with Crippen molar-refractivity contribution in [1.82, 2.24) is 0 Å². The molecule has 3 unspecified atom stereocenters. The van der Waals surface area contributed by atoms with Crippen molar-refractivity contribution >= 4 is 0 Å². The SMILES string of the molecule is C=C(C)C(O)CC12CC3CC(C)(CC(C)(C3)C1)C2. The molecule has 4 rings (SSSR count). The van der Waals surface area contributed by atoms with Crippen molar-refractivity contribution < 1.29 is 5.11 Å². The fraction of sp³-hybridized carbons (Fsp3) is 0.882. The van der Waals surface area contributed by atoms with Crippen molar-refractivity contribution in [3.05, 3.63) is 12.2 Å². The Morgan fingerprint density at radius 1 is 1.17 bits per heavy atom. The first-order valence-corrected chi connectivity index (χ1v) is 7.57. The van der Waals surface area contributed by atoms with Crippen molar-refractivity contribution in [3.8, 4) is 0 Å².